The molecule has 0 saturated carbocycles. The first-order chi connectivity index (χ1) is 13.8. The predicted octanol–water partition coefficient (Wildman–Crippen LogP) is 2.69. The molecule has 0 unspecified atom stereocenters. The van der Waals surface area contributed by atoms with E-state index >= 15 is 0 Å². The number of anilines is 1. The fourth-order valence-corrected chi connectivity index (χ4v) is 2.68. The van der Waals surface area contributed by atoms with Gasteiger partial charge in [-0.05, 0) is 30.3 Å². The molecule has 2 N–H and O–H groups in total. The van der Waals surface area contributed by atoms with E-state index in [4.69, 9.17) is 27.9 Å². The standard InChI is InChI=1S/C19H16Cl2N2O6/c1-28-19(27)13-4-2-3-5-15(13)23-16(24)10-29-17(25)9-22-18(26)12-7-6-11(20)8-14(12)21/h2-8H,9-10H2,1H3,(H,22,26)(H,23,24). The lowest BCUT2D eigenvalue weighted by molar-refractivity contribution is -0.146. The lowest BCUT2D eigenvalue weighted by atomic mass is 10.2. The van der Waals surface area contributed by atoms with E-state index in [2.05, 4.69) is 15.4 Å². The number of ether oxygens (including phenoxy) is 2. The van der Waals surface area contributed by atoms with Crippen LogP contribution in [0.4, 0.5) is 5.69 Å². The van der Waals surface area contributed by atoms with Crippen LogP contribution in [-0.4, -0.2) is 44.0 Å². The first-order valence-corrected chi connectivity index (χ1v) is 8.93. The second kappa shape index (κ2) is 10.4. The van der Waals surface area contributed by atoms with Crippen molar-refractivity contribution in [3.05, 3.63) is 63.6 Å². The van der Waals surface area contributed by atoms with Crippen molar-refractivity contribution in [1.29, 1.82) is 0 Å². The predicted molar refractivity (Wildman–Crippen MR) is 106 cm³/mol. The van der Waals surface area contributed by atoms with E-state index in [0.717, 1.165) is 0 Å². The molecule has 2 aromatic rings. The molecular weight excluding hydrogens is 423 g/mol. The lowest BCUT2D eigenvalue weighted by Crippen LogP contribution is -2.32. The molecule has 0 radical (unpaired) electrons. The number of benzene rings is 2. The van der Waals surface area contributed by atoms with Crippen molar-refractivity contribution in [2.75, 3.05) is 25.6 Å². The van der Waals surface area contributed by atoms with Gasteiger partial charge in [-0.15, -0.1) is 0 Å². The highest BCUT2D eigenvalue weighted by Crippen LogP contribution is 2.20. The summed E-state index contributed by atoms with van der Waals surface area (Å²) in [6, 6.07) is 10.5. The molecule has 152 valence electrons. The Labute approximate surface area is 176 Å². The third-order valence-electron chi connectivity index (χ3n) is 3.54. The van der Waals surface area contributed by atoms with E-state index in [0.29, 0.717) is 5.02 Å². The van der Waals surface area contributed by atoms with Gasteiger partial charge in [-0.2, -0.15) is 0 Å². The maximum Gasteiger partial charge on any atom is 0.339 e. The Morgan fingerprint density at radius 2 is 1.72 bits per heavy atom. The molecule has 2 rings (SSSR count). The number of methoxy groups -OCH3 is 1. The summed E-state index contributed by atoms with van der Waals surface area (Å²) >= 11 is 11.7. The highest BCUT2D eigenvalue weighted by Gasteiger charge is 2.16. The third-order valence-corrected chi connectivity index (χ3v) is 4.09. The summed E-state index contributed by atoms with van der Waals surface area (Å²) in [6.07, 6.45) is 0. The molecule has 10 heteroatoms. The summed E-state index contributed by atoms with van der Waals surface area (Å²) in [6.45, 7) is -1.07. The molecule has 2 amide bonds. The summed E-state index contributed by atoms with van der Waals surface area (Å²) in [4.78, 5) is 47.4. The van der Waals surface area contributed by atoms with Crippen molar-refractivity contribution in [3.8, 4) is 0 Å². The second-order valence-corrected chi connectivity index (χ2v) is 6.40. The van der Waals surface area contributed by atoms with Crippen LogP contribution in [0.1, 0.15) is 20.7 Å². The summed E-state index contributed by atoms with van der Waals surface area (Å²) in [7, 11) is 1.22. The maximum atomic E-state index is 12.0. The van der Waals surface area contributed by atoms with Gasteiger partial charge in [0.1, 0.15) is 6.54 Å². The van der Waals surface area contributed by atoms with Gasteiger partial charge < -0.3 is 20.1 Å². The fraction of sp³-hybridized carbons (Fsp3) is 0.158. The van der Waals surface area contributed by atoms with Crippen LogP contribution in [-0.2, 0) is 19.1 Å². The number of esters is 2. The quantitative estimate of drug-likeness (QED) is 0.642. The zero-order valence-corrected chi connectivity index (χ0v) is 16.7. The molecule has 2 aromatic carbocycles. The van der Waals surface area contributed by atoms with Gasteiger partial charge in [-0.3, -0.25) is 14.4 Å². The van der Waals surface area contributed by atoms with Crippen LogP contribution in [0.25, 0.3) is 0 Å². The summed E-state index contributed by atoms with van der Waals surface area (Å²) < 4.78 is 9.43. The normalized spacial score (nSPS) is 10.0. The Kier molecular flexibility index (Phi) is 7.99. The number of rotatable bonds is 7. The van der Waals surface area contributed by atoms with Gasteiger partial charge in [-0.1, -0.05) is 35.3 Å². The van der Waals surface area contributed by atoms with Crippen LogP contribution in [0.15, 0.2) is 42.5 Å². The van der Waals surface area contributed by atoms with Gasteiger partial charge in [-0.25, -0.2) is 4.79 Å². The minimum absolute atomic E-state index is 0.131. The number of para-hydroxylation sites is 1. The minimum Gasteiger partial charge on any atom is -0.465 e. The van der Waals surface area contributed by atoms with Gasteiger partial charge in [0, 0.05) is 5.02 Å². The van der Waals surface area contributed by atoms with Crippen molar-refractivity contribution >= 4 is 52.6 Å². The average molecular weight is 439 g/mol. The Morgan fingerprint density at radius 1 is 1.00 bits per heavy atom. The molecular formula is C19H16Cl2N2O6. The van der Waals surface area contributed by atoms with Gasteiger partial charge in [0.05, 0.1) is 28.9 Å². The molecule has 0 bridgehead atoms. The fourth-order valence-electron chi connectivity index (χ4n) is 2.18. The number of carbonyl (C=O) groups is 4. The van der Waals surface area contributed by atoms with E-state index < -0.39 is 36.9 Å². The lowest BCUT2D eigenvalue weighted by Gasteiger charge is -2.10. The summed E-state index contributed by atoms with van der Waals surface area (Å²) in [5, 5.41) is 5.28. The van der Waals surface area contributed by atoms with Crippen molar-refractivity contribution in [2.45, 2.75) is 0 Å². The molecule has 0 spiro atoms. The van der Waals surface area contributed by atoms with Crippen LogP contribution in [0, 0.1) is 0 Å². The van der Waals surface area contributed by atoms with Crippen molar-refractivity contribution in [2.24, 2.45) is 0 Å². The highest BCUT2D eigenvalue weighted by atomic mass is 35.5. The van der Waals surface area contributed by atoms with E-state index in [-0.39, 0.29) is 21.8 Å². The molecule has 0 aromatic heterocycles. The van der Waals surface area contributed by atoms with Gasteiger partial charge in [0.15, 0.2) is 6.61 Å². The molecule has 29 heavy (non-hydrogen) atoms. The first kappa shape index (κ1) is 22.2. The summed E-state index contributed by atoms with van der Waals surface area (Å²) in [5.41, 5.74) is 0.508. The summed E-state index contributed by atoms with van der Waals surface area (Å²) in [5.74, 6) is -2.72. The molecule has 0 aliphatic carbocycles. The number of amides is 2. The van der Waals surface area contributed by atoms with Gasteiger partial charge in [0.2, 0.25) is 0 Å². The zero-order valence-electron chi connectivity index (χ0n) is 15.2. The molecule has 0 fully saturated rings. The topological polar surface area (TPSA) is 111 Å². The Hall–Kier alpha value is -3.10. The third kappa shape index (κ3) is 6.48. The molecule has 8 nitrogen and oxygen atoms in total. The Balaban J connectivity index is 1.83. The van der Waals surface area contributed by atoms with E-state index in [1.54, 1.807) is 12.1 Å². The number of nitrogens with one attached hydrogen (secondary N) is 2. The van der Waals surface area contributed by atoms with Crippen LogP contribution in [0.3, 0.4) is 0 Å². The Bertz CT molecular complexity index is 948. The SMILES string of the molecule is COC(=O)c1ccccc1NC(=O)COC(=O)CNC(=O)c1ccc(Cl)cc1Cl. The van der Waals surface area contributed by atoms with Crippen LogP contribution in [0.5, 0.6) is 0 Å². The van der Waals surface area contributed by atoms with Crippen molar-refractivity contribution in [3.63, 3.8) is 0 Å². The highest BCUT2D eigenvalue weighted by molar-refractivity contribution is 6.36. The second-order valence-electron chi connectivity index (χ2n) is 5.55. The molecule has 0 aliphatic heterocycles. The minimum atomic E-state index is -0.833. The number of hydrogen-bond acceptors (Lipinski definition) is 6. The molecule has 0 saturated heterocycles. The van der Waals surface area contributed by atoms with Crippen LogP contribution in [0.2, 0.25) is 10.0 Å². The number of halogens is 2. The van der Waals surface area contributed by atoms with Gasteiger partial charge >= 0.3 is 11.9 Å². The smallest absolute Gasteiger partial charge is 0.339 e. The molecule has 0 atom stereocenters. The molecule has 0 heterocycles. The zero-order chi connectivity index (χ0) is 21.4. The van der Waals surface area contributed by atoms with Crippen LogP contribution < -0.4 is 10.6 Å². The number of hydrogen-bond donors (Lipinski definition) is 2. The number of carbonyl (C=O) groups excluding carboxylic acids is 4. The largest absolute Gasteiger partial charge is 0.465 e. The van der Waals surface area contributed by atoms with Gasteiger partial charge in [0.25, 0.3) is 11.8 Å². The Morgan fingerprint density at radius 3 is 2.41 bits per heavy atom. The van der Waals surface area contributed by atoms with E-state index in [9.17, 15) is 19.2 Å². The van der Waals surface area contributed by atoms with Crippen LogP contribution >= 0.6 is 23.2 Å². The average Bonchev–Trinajstić information content (AvgIpc) is 2.70. The van der Waals surface area contributed by atoms with E-state index in [1.807, 2.05) is 0 Å². The monoisotopic (exact) mass is 438 g/mol. The van der Waals surface area contributed by atoms with E-state index in [1.165, 1.54) is 37.4 Å². The molecule has 0 aliphatic rings. The van der Waals surface area contributed by atoms with Crippen molar-refractivity contribution in [1.82, 2.24) is 5.32 Å². The first-order valence-electron chi connectivity index (χ1n) is 8.18. The maximum absolute atomic E-state index is 12.0. The van der Waals surface area contributed by atoms with Crippen molar-refractivity contribution < 1.29 is 28.7 Å².